The van der Waals surface area contributed by atoms with Crippen LogP contribution in [0, 0.1) is 0 Å². The molecule has 1 aliphatic carbocycles. The molecule has 4 heteroatoms. The van der Waals surface area contributed by atoms with E-state index in [2.05, 4.69) is 15.9 Å². The van der Waals surface area contributed by atoms with Gasteiger partial charge in [0.25, 0.3) is 0 Å². The lowest BCUT2D eigenvalue weighted by atomic mass is 9.77. The monoisotopic (exact) mass is 285 g/mol. The van der Waals surface area contributed by atoms with Gasteiger partial charge >= 0.3 is 0 Å². The Kier molecular flexibility index (Phi) is 3.13. The third-order valence-electron chi connectivity index (χ3n) is 3.35. The molecule has 4 N–H and O–H groups in total. The maximum absolute atomic E-state index is 9.94. The first-order valence-corrected chi connectivity index (χ1v) is 6.34. The molecule has 16 heavy (non-hydrogen) atoms. The van der Waals surface area contributed by atoms with Gasteiger partial charge in [-0.15, -0.1) is 0 Å². The summed E-state index contributed by atoms with van der Waals surface area (Å²) in [6.07, 6.45) is 5.03. The van der Waals surface area contributed by atoms with Crippen LogP contribution in [0.5, 0.6) is 11.5 Å². The van der Waals surface area contributed by atoms with Crippen molar-refractivity contribution in [2.24, 2.45) is 5.73 Å². The van der Waals surface area contributed by atoms with Gasteiger partial charge in [0.15, 0.2) is 11.5 Å². The highest BCUT2D eigenvalue weighted by molar-refractivity contribution is 9.10. The minimum absolute atomic E-state index is 0.0845. The third kappa shape index (κ3) is 1.92. The van der Waals surface area contributed by atoms with E-state index >= 15 is 0 Å². The van der Waals surface area contributed by atoms with Crippen molar-refractivity contribution in [3.63, 3.8) is 0 Å². The number of aromatic hydroxyl groups is 2. The standard InChI is InChI=1S/C12H16BrNO2/c13-8-4-5-9(15)11(16)10(8)12(14)6-2-1-3-7-12/h4-5,15-16H,1-3,6-7,14H2. The smallest absolute Gasteiger partial charge is 0.163 e. The lowest BCUT2D eigenvalue weighted by Crippen LogP contribution is -2.39. The van der Waals surface area contributed by atoms with Crippen molar-refractivity contribution in [3.8, 4) is 11.5 Å². The molecule has 0 heterocycles. The summed E-state index contributed by atoms with van der Waals surface area (Å²) in [5.41, 5.74) is 6.48. The first-order chi connectivity index (χ1) is 7.54. The molecule has 0 radical (unpaired) electrons. The molecule has 1 aliphatic rings. The normalized spacial score (nSPS) is 19.6. The van der Waals surface area contributed by atoms with Crippen molar-refractivity contribution in [1.29, 1.82) is 0 Å². The van der Waals surface area contributed by atoms with Gasteiger partial charge < -0.3 is 15.9 Å². The Balaban J connectivity index is 2.49. The second kappa shape index (κ2) is 4.26. The highest BCUT2D eigenvalue weighted by atomic mass is 79.9. The van der Waals surface area contributed by atoms with Gasteiger partial charge in [0.1, 0.15) is 0 Å². The number of rotatable bonds is 1. The summed E-state index contributed by atoms with van der Waals surface area (Å²) in [6, 6.07) is 3.20. The van der Waals surface area contributed by atoms with Crippen molar-refractivity contribution in [2.45, 2.75) is 37.6 Å². The summed E-state index contributed by atoms with van der Waals surface area (Å²) < 4.78 is 0.771. The minimum atomic E-state index is -0.514. The van der Waals surface area contributed by atoms with Gasteiger partial charge in [-0.2, -0.15) is 0 Å². The van der Waals surface area contributed by atoms with Crippen LogP contribution < -0.4 is 5.73 Å². The highest BCUT2D eigenvalue weighted by Crippen LogP contribution is 2.45. The van der Waals surface area contributed by atoms with Gasteiger partial charge in [-0.05, 0) is 25.0 Å². The summed E-state index contributed by atoms with van der Waals surface area (Å²) in [5.74, 6) is -0.188. The molecule has 0 saturated heterocycles. The van der Waals surface area contributed by atoms with E-state index in [-0.39, 0.29) is 11.5 Å². The zero-order valence-electron chi connectivity index (χ0n) is 9.04. The Morgan fingerprint density at radius 3 is 2.38 bits per heavy atom. The molecule has 0 amide bonds. The van der Waals surface area contributed by atoms with E-state index in [0.717, 1.165) is 30.2 Å². The topological polar surface area (TPSA) is 66.5 Å². The largest absolute Gasteiger partial charge is 0.504 e. The first-order valence-electron chi connectivity index (χ1n) is 5.54. The number of benzene rings is 1. The van der Waals surface area contributed by atoms with Crippen LogP contribution in [0.1, 0.15) is 37.7 Å². The van der Waals surface area contributed by atoms with Gasteiger partial charge in [0.05, 0.1) is 0 Å². The van der Waals surface area contributed by atoms with E-state index < -0.39 is 5.54 Å². The zero-order chi connectivity index (χ0) is 11.8. The van der Waals surface area contributed by atoms with Gasteiger partial charge in [0, 0.05) is 15.6 Å². The predicted octanol–water partition coefficient (Wildman–Crippen LogP) is 2.98. The number of nitrogens with two attached hydrogens (primary N) is 1. The molecule has 0 bridgehead atoms. The molecule has 0 aliphatic heterocycles. The van der Waals surface area contributed by atoms with E-state index in [1.54, 1.807) is 6.07 Å². The number of hydrogen-bond acceptors (Lipinski definition) is 3. The molecule has 88 valence electrons. The Labute approximate surface area is 103 Å². The van der Waals surface area contributed by atoms with Crippen LogP contribution in [-0.4, -0.2) is 10.2 Å². The molecule has 1 aromatic carbocycles. The van der Waals surface area contributed by atoms with Crippen molar-refractivity contribution >= 4 is 15.9 Å². The van der Waals surface area contributed by atoms with Crippen LogP contribution in [0.2, 0.25) is 0 Å². The number of hydrogen-bond donors (Lipinski definition) is 3. The summed E-state index contributed by atoms with van der Waals surface area (Å²) in [7, 11) is 0. The average Bonchev–Trinajstić information content (AvgIpc) is 2.25. The van der Waals surface area contributed by atoms with Crippen molar-refractivity contribution in [3.05, 3.63) is 22.2 Å². The molecule has 0 atom stereocenters. The highest BCUT2D eigenvalue weighted by Gasteiger charge is 2.34. The first kappa shape index (κ1) is 11.7. The third-order valence-corrected chi connectivity index (χ3v) is 4.01. The van der Waals surface area contributed by atoms with Crippen LogP contribution in [-0.2, 0) is 5.54 Å². The quantitative estimate of drug-likeness (QED) is 0.695. The molecule has 1 fully saturated rings. The van der Waals surface area contributed by atoms with Crippen LogP contribution in [0.15, 0.2) is 16.6 Å². The second-order valence-corrected chi connectivity index (χ2v) is 5.36. The van der Waals surface area contributed by atoms with E-state index in [1.165, 1.54) is 12.5 Å². The SMILES string of the molecule is NC1(c2c(Br)ccc(O)c2O)CCCCC1. The number of halogens is 1. The van der Waals surface area contributed by atoms with Gasteiger partial charge in [-0.3, -0.25) is 0 Å². The second-order valence-electron chi connectivity index (χ2n) is 4.51. The fourth-order valence-corrected chi connectivity index (χ4v) is 3.18. The molecular weight excluding hydrogens is 270 g/mol. The van der Waals surface area contributed by atoms with Crippen LogP contribution in [0.4, 0.5) is 0 Å². The molecule has 0 spiro atoms. The van der Waals surface area contributed by atoms with Gasteiger partial charge in [-0.25, -0.2) is 0 Å². The minimum Gasteiger partial charge on any atom is -0.504 e. The molecule has 0 unspecified atom stereocenters. The van der Waals surface area contributed by atoms with Crippen molar-refractivity contribution in [2.75, 3.05) is 0 Å². The Morgan fingerprint density at radius 2 is 1.75 bits per heavy atom. The van der Waals surface area contributed by atoms with Crippen molar-refractivity contribution < 1.29 is 10.2 Å². The summed E-state index contributed by atoms with van der Waals surface area (Å²) in [5, 5.41) is 19.5. The fraction of sp³-hybridized carbons (Fsp3) is 0.500. The zero-order valence-corrected chi connectivity index (χ0v) is 10.6. The lowest BCUT2D eigenvalue weighted by Gasteiger charge is -2.35. The molecule has 0 aromatic heterocycles. The van der Waals surface area contributed by atoms with Gasteiger partial charge in [0.2, 0.25) is 0 Å². The van der Waals surface area contributed by atoms with Crippen LogP contribution >= 0.6 is 15.9 Å². The summed E-state index contributed by atoms with van der Waals surface area (Å²) >= 11 is 3.40. The number of phenolic OH excluding ortho intramolecular Hbond substituents is 2. The summed E-state index contributed by atoms with van der Waals surface area (Å²) in [4.78, 5) is 0. The fourth-order valence-electron chi connectivity index (χ4n) is 2.46. The predicted molar refractivity (Wildman–Crippen MR) is 66.4 cm³/mol. The molecule has 1 saturated carbocycles. The van der Waals surface area contributed by atoms with Crippen LogP contribution in [0.25, 0.3) is 0 Å². The van der Waals surface area contributed by atoms with Gasteiger partial charge in [-0.1, -0.05) is 35.2 Å². The van der Waals surface area contributed by atoms with Crippen molar-refractivity contribution in [1.82, 2.24) is 0 Å². The molecular formula is C12H16BrNO2. The van der Waals surface area contributed by atoms with Crippen LogP contribution in [0.3, 0.4) is 0 Å². The maximum atomic E-state index is 9.94. The average molecular weight is 286 g/mol. The summed E-state index contributed by atoms with van der Waals surface area (Å²) in [6.45, 7) is 0. The Morgan fingerprint density at radius 1 is 1.12 bits per heavy atom. The van der Waals surface area contributed by atoms with E-state index in [1.807, 2.05) is 0 Å². The lowest BCUT2D eigenvalue weighted by molar-refractivity contribution is 0.286. The Hall–Kier alpha value is -0.740. The van der Waals surface area contributed by atoms with E-state index in [9.17, 15) is 10.2 Å². The number of phenols is 2. The molecule has 3 nitrogen and oxygen atoms in total. The molecule has 2 rings (SSSR count). The molecule has 1 aromatic rings. The Bertz CT molecular complexity index is 400. The van der Waals surface area contributed by atoms with E-state index in [0.29, 0.717) is 5.56 Å². The van der Waals surface area contributed by atoms with E-state index in [4.69, 9.17) is 5.73 Å². The maximum Gasteiger partial charge on any atom is 0.163 e.